The molecule has 1 aliphatic rings. The number of guanidine groups is 1. The number of anilines is 1. The Morgan fingerprint density at radius 2 is 1.93 bits per heavy atom. The minimum absolute atomic E-state index is 0. The molecule has 0 bridgehead atoms. The van der Waals surface area contributed by atoms with Gasteiger partial charge >= 0.3 is 0 Å². The second-order valence-electron chi connectivity index (χ2n) is 7.43. The largest absolute Gasteiger partial charge is 0.383 e. The minimum atomic E-state index is 0. The monoisotopic (exact) mass is 517 g/mol. The van der Waals surface area contributed by atoms with Crippen molar-refractivity contribution in [2.24, 2.45) is 10.9 Å². The van der Waals surface area contributed by atoms with Crippen LogP contribution >= 0.6 is 24.0 Å². The number of nitrogens with one attached hydrogen (secondary N) is 2. The van der Waals surface area contributed by atoms with Gasteiger partial charge in [0.15, 0.2) is 5.96 Å². The normalized spacial score (nSPS) is 15.6. The van der Waals surface area contributed by atoms with E-state index in [9.17, 15) is 0 Å². The lowest BCUT2D eigenvalue weighted by Crippen LogP contribution is -2.43. The van der Waals surface area contributed by atoms with Gasteiger partial charge < -0.3 is 25.2 Å². The summed E-state index contributed by atoms with van der Waals surface area (Å²) in [6.07, 6.45) is 3.58. The number of halogens is 1. The second kappa shape index (κ2) is 15.7. The Kier molecular flexibility index (Phi) is 14.1. The number of piperidine rings is 1. The summed E-state index contributed by atoms with van der Waals surface area (Å²) in [5.41, 5.74) is 1.30. The van der Waals surface area contributed by atoms with Gasteiger partial charge in [-0.1, -0.05) is 18.2 Å². The summed E-state index contributed by atoms with van der Waals surface area (Å²) in [6, 6.07) is 10.6. The molecule has 0 aromatic heterocycles. The Labute approximate surface area is 194 Å². The lowest BCUT2D eigenvalue weighted by Gasteiger charge is -2.32. The van der Waals surface area contributed by atoms with E-state index in [1.54, 1.807) is 7.11 Å². The number of rotatable bonds is 11. The van der Waals surface area contributed by atoms with Crippen LogP contribution in [0, 0.1) is 5.92 Å². The number of para-hydroxylation sites is 1. The van der Waals surface area contributed by atoms with Gasteiger partial charge in [-0.25, -0.2) is 0 Å². The fourth-order valence-electron chi connectivity index (χ4n) is 3.68. The van der Waals surface area contributed by atoms with Crippen LogP contribution < -0.4 is 15.5 Å². The first-order valence-electron chi connectivity index (χ1n) is 10.7. The standard InChI is InChI=1S/C22H39N5O.HI/c1-4-27(21-9-6-5-7-10-21)14-8-13-24-22(23-2)25-19-20-11-15-26(16-12-20)17-18-28-3;/h5-7,9-10,20H,4,8,11-19H2,1-3H3,(H2,23,24,25);1H. The summed E-state index contributed by atoms with van der Waals surface area (Å²) < 4.78 is 5.18. The molecule has 0 aliphatic carbocycles. The zero-order valence-corrected chi connectivity index (χ0v) is 20.7. The highest BCUT2D eigenvalue weighted by molar-refractivity contribution is 14.0. The van der Waals surface area contributed by atoms with E-state index in [1.807, 2.05) is 7.05 Å². The maximum atomic E-state index is 5.18. The quantitative estimate of drug-likeness (QED) is 0.205. The van der Waals surface area contributed by atoms with Gasteiger partial charge in [-0.2, -0.15) is 0 Å². The average molecular weight is 518 g/mol. The van der Waals surface area contributed by atoms with Crippen LogP contribution in [0.1, 0.15) is 26.2 Å². The molecule has 0 atom stereocenters. The van der Waals surface area contributed by atoms with Crippen LogP contribution in [0.15, 0.2) is 35.3 Å². The van der Waals surface area contributed by atoms with Gasteiger partial charge in [-0.3, -0.25) is 4.99 Å². The van der Waals surface area contributed by atoms with Crippen molar-refractivity contribution in [3.05, 3.63) is 30.3 Å². The van der Waals surface area contributed by atoms with Gasteiger partial charge in [-0.15, -0.1) is 24.0 Å². The van der Waals surface area contributed by atoms with Crippen molar-refractivity contribution in [3.8, 4) is 0 Å². The van der Waals surface area contributed by atoms with Gasteiger partial charge in [0.05, 0.1) is 6.61 Å². The van der Waals surface area contributed by atoms with Gasteiger partial charge in [-0.05, 0) is 57.3 Å². The highest BCUT2D eigenvalue weighted by Crippen LogP contribution is 2.16. The van der Waals surface area contributed by atoms with E-state index in [1.165, 1.54) is 31.6 Å². The van der Waals surface area contributed by atoms with Crippen LogP contribution in [0.5, 0.6) is 0 Å². The number of hydrogen-bond acceptors (Lipinski definition) is 4. The average Bonchev–Trinajstić information content (AvgIpc) is 2.75. The van der Waals surface area contributed by atoms with Crippen molar-refractivity contribution in [2.75, 3.05) is 71.5 Å². The van der Waals surface area contributed by atoms with E-state index in [4.69, 9.17) is 4.74 Å². The number of benzene rings is 1. The summed E-state index contributed by atoms with van der Waals surface area (Å²) in [5.74, 6) is 1.65. The molecular weight excluding hydrogens is 477 g/mol. The lowest BCUT2D eigenvalue weighted by molar-refractivity contribution is 0.121. The molecule has 0 saturated carbocycles. The summed E-state index contributed by atoms with van der Waals surface area (Å²) in [5, 5.41) is 6.97. The Morgan fingerprint density at radius 1 is 1.21 bits per heavy atom. The van der Waals surface area contributed by atoms with Crippen molar-refractivity contribution in [3.63, 3.8) is 0 Å². The molecule has 1 aromatic carbocycles. The molecular formula is C22H40IN5O. The summed E-state index contributed by atoms with van der Waals surface area (Å²) in [7, 11) is 3.63. The smallest absolute Gasteiger partial charge is 0.190 e. The molecule has 1 heterocycles. The molecule has 1 fully saturated rings. The minimum Gasteiger partial charge on any atom is -0.383 e. The molecule has 1 aliphatic heterocycles. The summed E-state index contributed by atoms with van der Waals surface area (Å²) in [4.78, 5) is 9.29. The number of likely N-dealkylation sites (tertiary alicyclic amines) is 1. The van der Waals surface area contributed by atoms with Gasteiger partial charge in [0.25, 0.3) is 0 Å². The summed E-state index contributed by atoms with van der Waals surface area (Å²) in [6.45, 7) is 10.5. The van der Waals surface area contributed by atoms with E-state index in [-0.39, 0.29) is 24.0 Å². The van der Waals surface area contributed by atoms with Crippen LogP contribution in [0.25, 0.3) is 0 Å². The van der Waals surface area contributed by atoms with Crippen molar-refractivity contribution < 1.29 is 4.74 Å². The van der Waals surface area contributed by atoms with Crippen molar-refractivity contribution >= 4 is 35.6 Å². The third kappa shape index (κ3) is 10.00. The maximum absolute atomic E-state index is 5.18. The molecule has 0 unspecified atom stereocenters. The van der Waals surface area contributed by atoms with Gasteiger partial charge in [0.1, 0.15) is 0 Å². The highest BCUT2D eigenvalue weighted by Gasteiger charge is 2.18. The molecule has 6 nitrogen and oxygen atoms in total. The van der Waals surface area contributed by atoms with Gasteiger partial charge in [0.2, 0.25) is 0 Å². The molecule has 29 heavy (non-hydrogen) atoms. The SMILES string of the molecule is CCN(CCCNC(=NC)NCC1CCN(CCOC)CC1)c1ccccc1.I. The zero-order chi connectivity index (χ0) is 20.0. The third-order valence-corrected chi connectivity index (χ3v) is 5.50. The molecule has 166 valence electrons. The van der Waals surface area contributed by atoms with Crippen molar-refractivity contribution in [1.29, 1.82) is 0 Å². The van der Waals surface area contributed by atoms with E-state index in [0.717, 1.165) is 57.6 Å². The first-order valence-corrected chi connectivity index (χ1v) is 10.7. The zero-order valence-electron chi connectivity index (χ0n) is 18.4. The number of ether oxygens (including phenoxy) is 1. The number of nitrogens with zero attached hydrogens (tertiary/aromatic N) is 3. The molecule has 0 radical (unpaired) electrons. The molecule has 0 spiro atoms. The molecule has 1 aromatic rings. The molecule has 0 amide bonds. The van der Waals surface area contributed by atoms with Gasteiger partial charge in [0, 0.05) is 52.6 Å². The Morgan fingerprint density at radius 3 is 2.55 bits per heavy atom. The number of aliphatic imine (C=N–C) groups is 1. The number of methoxy groups -OCH3 is 1. The third-order valence-electron chi connectivity index (χ3n) is 5.50. The topological polar surface area (TPSA) is 52.1 Å². The molecule has 2 rings (SSSR count). The number of hydrogen-bond donors (Lipinski definition) is 2. The lowest BCUT2D eigenvalue weighted by atomic mass is 9.97. The van der Waals surface area contributed by atoms with Crippen LogP contribution in [-0.4, -0.2) is 77.4 Å². The first-order chi connectivity index (χ1) is 13.8. The molecule has 1 saturated heterocycles. The van der Waals surface area contributed by atoms with Crippen LogP contribution in [-0.2, 0) is 4.74 Å². The first kappa shape index (κ1) is 26.0. The predicted octanol–water partition coefficient (Wildman–Crippen LogP) is 3.04. The van der Waals surface area contributed by atoms with E-state index >= 15 is 0 Å². The van der Waals surface area contributed by atoms with E-state index < -0.39 is 0 Å². The molecule has 7 heteroatoms. The summed E-state index contributed by atoms with van der Waals surface area (Å²) >= 11 is 0. The fourth-order valence-corrected chi connectivity index (χ4v) is 3.68. The maximum Gasteiger partial charge on any atom is 0.190 e. The molecule has 2 N–H and O–H groups in total. The second-order valence-corrected chi connectivity index (χ2v) is 7.43. The Balaban J connectivity index is 0.00000420. The fraction of sp³-hybridized carbons (Fsp3) is 0.682. The van der Waals surface area contributed by atoms with Crippen molar-refractivity contribution in [2.45, 2.75) is 26.2 Å². The van der Waals surface area contributed by atoms with Crippen LogP contribution in [0.4, 0.5) is 5.69 Å². The van der Waals surface area contributed by atoms with E-state index in [0.29, 0.717) is 0 Å². The van der Waals surface area contributed by atoms with Crippen molar-refractivity contribution in [1.82, 2.24) is 15.5 Å². The Hall–Kier alpha value is -1.06. The predicted molar refractivity (Wildman–Crippen MR) is 135 cm³/mol. The van der Waals surface area contributed by atoms with Crippen LogP contribution in [0.2, 0.25) is 0 Å². The highest BCUT2D eigenvalue weighted by atomic mass is 127. The van der Waals surface area contributed by atoms with Crippen LogP contribution in [0.3, 0.4) is 0 Å². The Bertz CT molecular complexity index is 549. The van der Waals surface area contributed by atoms with E-state index in [2.05, 4.69) is 62.7 Å².